The Morgan fingerprint density at radius 3 is 2.08 bits per heavy atom. The second-order valence-corrected chi connectivity index (χ2v) is 13.4. The number of halogens is 8. The van der Waals surface area contributed by atoms with Crippen LogP contribution in [-0.2, 0) is 28.4 Å². The van der Waals surface area contributed by atoms with Crippen LogP contribution in [0.3, 0.4) is 0 Å². The van der Waals surface area contributed by atoms with Gasteiger partial charge >= 0.3 is 18.3 Å². The zero-order valence-electron chi connectivity index (χ0n) is 28.4. The number of hydrogen-bond acceptors (Lipinski definition) is 4. The van der Waals surface area contributed by atoms with Crippen LogP contribution in [0.4, 0.5) is 35.1 Å². The molecular formula is C36H39F8N3O4. The Bertz CT molecular complexity index is 1810. The van der Waals surface area contributed by atoms with E-state index in [0.717, 1.165) is 42.4 Å². The summed E-state index contributed by atoms with van der Waals surface area (Å²) >= 11 is 0. The van der Waals surface area contributed by atoms with Crippen molar-refractivity contribution in [3.05, 3.63) is 91.9 Å². The number of pyridine rings is 1. The molecule has 2 atom stereocenters. The molecule has 2 N–H and O–H groups in total. The Kier molecular flexibility index (Phi) is 12.0. The lowest BCUT2D eigenvalue weighted by molar-refractivity contribution is -0.139. The summed E-state index contributed by atoms with van der Waals surface area (Å²) in [6, 6.07) is -0.197. The molecule has 1 aliphatic rings. The van der Waals surface area contributed by atoms with Gasteiger partial charge in [0.2, 0.25) is 5.91 Å². The second kappa shape index (κ2) is 15.5. The third-order valence-electron chi connectivity index (χ3n) is 8.94. The average molecular weight is 730 g/mol. The van der Waals surface area contributed by atoms with E-state index in [9.17, 15) is 50.2 Å². The van der Waals surface area contributed by atoms with Gasteiger partial charge in [0.15, 0.2) is 0 Å². The minimum Gasteiger partial charge on any atom is -0.481 e. The molecule has 2 aromatic carbocycles. The molecule has 4 rings (SSSR count). The quantitative estimate of drug-likeness (QED) is 0.174. The molecule has 1 unspecified atom stereocenters. The normalized spacial score (nSPS) is 15.1. The highest BCUT2D eigenvalue weighted by Crippen LogP contribution is 2.40. The molecule has 0 aliphatic carbocycles. The van der Waals surface area contributed by atoms with E-state index in [1.807, 2.05) is 0 Å². The predicted octanol–water partition coefficient (Wildman–Crippen LogP) is 8.01. The number of aliphatic carboxylic acids is 1. The van der Waals surface area contributed by atoms with Crippen LogP contribution in [0, 0.1) is 31.4 Å². The molecule has 2 heterocycles. The number of aromatic nitrogens is 1. The Hall–Kier alpha value is -4.27. The topological polar surface area (TPSA) is 91.6 Å². The van der Waals surface area contributed by atoms with E-state index in [-0.39, 0.29) is 41.0 Å². The highest BCUT2D eigenvalue weighted by atomic mass is 19.4. The number of nitrogens with zero attached hydrogens (tertiary/aromatic N) is 2. The first-order valence-electron chi connectivity index (χ1n) is 16.4. The number of carbonyl (C=O) groups is 2. The molecule has 15 heteroatoms. The average Bonchev–Trinajstić information content (AvgIpc) is 2.96. The largest absolute Gasteiger partial charge is 0.481 e. The molecule has 0 saturated carbocycles. The van der Waals surface area contributed by atoms with Crippen molar-refractivity contribution in [2.24, 2.45) is 5.92 Å². The number of amides is 1. The maximum absolute atomic E-state index is 16.4. The van der Waals surface area contributed by atoms with Crippen molar-refractivity contribution < 1.29 is 49.8 Å². The summed E-state index contributed by atoms with van der Waals surface area (Å²) in [4.78, 5) is 41.2. The van der Waals surface area contributed by atoms with Gasteiger partial charge in [0.05, 0.1) is 23.6 Å². The van der Waals surface area contributed by atoms with E-state index in [4.69, 9.17) is 0 Å². The summed E-state index contributed by atoms with van der Waals surface area (Å²) in [5.41, 5.74) is -5.30. The number of likely N-dealkylation sites (tertiary alicyclic amines) is 1. The summed E-state index contributed by atoms with van der Waals surface area (Å²) in [5, 5.41) is 12.0. The van der Waals surface area contributed by atoms with Crippen LogP contribution in [0.2, 0.25) is 0 Å². The molecule has 51 heavy (non-hydrogen) atoms. The van der Waals surface area contributed by atoms with Crippen LogP contribution >= 0.6 is 0 Å². The van der Waals surface area contributed by atoms with Crippen molar-refractivity contribution in [3.8, 4) is 11.1 Å². The highest BCUT2D eigenvalue weighted by molar-refractivity contribution is 5.82. The van der Waals surface area contributed by atoms with Crippen LogP contribution in [0.1, 0.15) is 85.0 Å². The smallest absolute Gasteiger partial charge is 0.416 e. The number of aryl methyl sites for hydroxylation is 3. The number of nitrogens with one attached hydrogen (secondary N) is 1. The van der Waals surface area contributed by atoms with E-state index in [0.29, 0.717) is 31.2 Å². The lowest BCUT2D eigenvalue weighted by Gasteiger charge is -2.30. The van der Waals surface area contributed by atoms with Crippen molar-refractivity contribution >= 4 is 11.9 Å². The fourth-order valence-corrected chi connectivity index (χ4v) is 6.45. The zero-order chi connectivity index (χ0) is 38.0. The molecule has 1 aliphatic heterocycles. The highest BCUT2D eigenvalue weighted by Gasteiger charge is 2.38. The second-order valence-electron chi connectivity index (χ2n) is 13.4. The van der Waals surface area contributed by atoms with Gasteiger partial charge in [0.1, 0.15) is 17.7 Å². The van der Waals surface area contributed by atoms with Crippen molar-refractivity contribution in [1.29, 1.82) is 0 Å². The van der Waals surface area contributed by atoms with E-state index in [2.05, 4.69) is 10.2 Å². The van der Waals surface area contributed by atoms with E-state index < -0.39 is 82.2 Å². The third-order valence-corrected chi connectivity index (χ3v) is 8.94. The molecular weight excluding hydrogens is 690 g/mol. The van der Waals surface area contributed by atoms with Gasteiger partial charge in [-0.1, -0.05) is 13.8 Å². The predicted molar refractivity (Wildman–Crippen MR) is 173 cm³/mol. The van der Waals surface area contributed by atoms with Crippen molar-refractivity contribution in [2.75, 3.05) is 19.6 Å². The van der Waals surface area contributed by atoms with Crippen LogP contribution in [0.5, 0.6) is 0 Å². The van der Waals surface area contributed by atoms with Crippen LogP contribution in [-0.4, -0.2) is 46.1 Å². The SMILES string of the molecule is Cc1cc(F)cc(C)c1-c1cc(C(F)(F)F)cc([C@H](CC(=O)O)NC(=O)C(CC(C)C)n2cc(CCCN3CCC3)c(C(F)(F)F)cc2=O)c1F. The first-order chi connectivity index (χ1) is 23.7. The Labute approximate surface area is 289 Å². The standard InChI is InChI=1S/C36H39F8N3O4/c1-19(2)11-29(47-18-22(7-5-8-46-9-6-10-46)27(16-30(47)48)36(42,43)44)34(51)45-28(17-31(49)50)25-14-23(35(39,40)41)15-26(33(25)38)32-20(3)12-24(37)13-21(32)4/h12-16,18-19,28-29H,5-11,17H2,1-4H3,(H,45,51)(H,49,50)/t28-,29?/m0/s1. The number of carboxylic acids is 1. The van der Waals surface area contributed by atoms with Crippen molar-refractivity contribution in [1.82, 2.24) is 14.8 Å². The third kappa shape index (κ3) is 9.54. The maximum atomic E-state index is 16.4. The van der Waals surface area contributed by atoms with Gasteiger partial charge in [-0.3, -0.25) is 14.4 Å². The molecule has 1 saturated heterocycles. The van der Waals surface area contributed by atoms with Gasteiger partial charge in [-0.05, 0) is 112 Å². The van der Waals surface area contributed by atoms with Crippen LogP contribution < -0.4 is 10.9 Å². The minimum absolute atomic E-state index is 0.0720. The Morgan fingerprint density at radius 1 is 0.941 bits per heavy atom. The monoisotopic (exact) mass is 729 g/mol. The first-order valence-corrected chi connectivity index (χ1v) is 16.4. The molecule has 0 spiro atoms. The van der Waals surface area contributed by atoms with E-state index in [1.165, 1.54) is 13.8 Å². The minimum atomic E-state index is -5.06. The number of carboxylic acid groups (broad SMARTS) is 1. The van der Waals surface area contributed by atoms with Gasteiger partial charge in [-0.15, -0.1) is 0 Å². The molecule has 278 valence electrons. The zero-order valence-corrected chi connectivity index (χ0v) is 28.4. The number of alkyl halides is 6. The summed E-state index contributed by atoms with van der Waals surface area (Å²) in [5.74, 6) is -5.11. The number of carbonyl (C=O) groups excluding carboxylic acids is 1. The van der Waals surface area contributed by atoms with E-state index in [1.54, 1.807) is 13.8 Å². The van der Waals surface area contributed by atoms with Gasteiger partial charge in [0, 0.05) is 23.4 Å². The molecule has 7 nitrogen and oxygen atoms in total. The molecule has 3 aromatic rings. The molecule has 0 radical (unpaired) electrons. The Morgan fingerprint density at radius 2 is 1.57 bits per heavy atom. The first kappa shape index (κ1) is 39.5. The number of hydrogen-bond donors (Lipinski definition) is 2. The van der Waals surface area contributed by atoms with Crippen molar-refractivity contribution in [2.45, 2.75) is 84.2 Å². The summed E-state index contributed by atoms with van der Waals surface area (Å²) in [6.45, 7) is 8.19. The fraction of sp³-hybridized carbons (Fsp3) is 0.472. The number of rotatable bonds is 13. The number of benzene rings is 2. The molecule has 0 bridgehead atoms. The lowest BCUT2D eigenvalue weighted by Crippen LogP contribution is -2.41. The molecule has 1 fully saturated rings. The summed E-state index contributed by atoms with van der Waals surface area (Å²) < 4.78 is 116. The summed E-state index contributed by atoms with van der Waals surface area (Å²) in [6.07, 6.45) is -9.01. The van der Waals surface area contributed by atoms with Crippen LogP contribution in [0.25, 0.3) is 11.1 Å². The van der Waals surface area contributed by atoms with E-state index >= 15 is 4.39 Å². The van der Waals surface area contributed by atoms with Crippen molar-refractivity contribution in [3.63, 3.8) is 0 Å². The van der Waals surface area contributed by atoms with Gasteiger partial charge in [0.25, 0.3) is 5.56 Å². The van der Waals surface area contributed by atoms with Gasteiger partial charge < -0.3 is 19.9 Å². The van der Waals surface area contributed by atoms with Gasteiger partial charge in [-0.25, -0.2) is 8.78 Å². The maximum Gasteiger partial charge on any atom is 0.416 e. The van der Waals surface area contributed by atoms with Crippen LogP contribution in [0.15, 0.2) is 41.3 Å². The lowest BCUT2D eigenvalue weighted by atomic mass is 9.89. The van der Waals surface area contributed by atoms with Gasteiger partial charge in [-0.2, -0.15) is 26.3 Å². The summed E-state index contributed by atoms with van der Waals surface area (Å²) in [7, 11) is 0. The Balaban J connectivity index is 1.82. The fourth-order valence-electron chi connectivity index (χ4n) is 6.45. The molecule has 1 amide bonds. The molecule has 1 aromatic heterocycles.